The topological polar surface area (TPSA) is 40.5 Å². The first-order valence-electron chi connectivity index (χ1n) is 8.46. The van der Waals surface area contributed by atoms with Gasteiger partial charge in [-0.2, -0.15) is 22.0 Å². The van der Waals surface area contributed by atoms with Crippen LogP contribution < -0.4 is 0 Å². The number of piperidine rings is 1. The van der Waals surface area contributed by atoms with Crippen molar-refractivity contribution in [2.24, 2.45) is 0 Å². The highest BCUT2D eigenvalue weighted by molar-refractivity contribution is 5.78. The second kappa shape index (κ2) is 5.90. The lowest BCUT2D eigenvalue weighted by atomic mass is 9.83. The number of fused-ring (bicyclic) bond motifs is 1. The summed E-state index contributed by atoms with van der Waals surface area (Å²) in [6.45, 7) is 3.59. The Labute approximate surface area is 147 Å². The molecule has 0 bridgehead atoms. The third-order valence-corrected chi connectivity index (χ3v) is 5.52. The van der Waals surface area contributed by atoms with Crippen molar-refractivity contribution < 1.29 is 31.9 Å². The lowest BCUT2D eigenvalue weighted by molar-refractivity contribution is -0.289. The van der Waals surface area contributed by atoms with Crippen molar-refractivity contribution in [1.82, 2.24) is 4.90 Å². The number of rotatable bonds is 2. The van der Waals surface area contributed by atoms with E-state index in [1.807, 2.05) is 0 Å². The molecule has 1 aliphatic heterocycles. The van der Waals surface area contributed by atoms with Crippen LogP contribution in [0.2, 0.25) is 0 Å². The number of aliphatic hydroxyl groups excluding tert-OH is 1. The van der Waals surface area contributed by atoms with E-state index >= 15 is 0 Å². The number of alkyl halides is 5. The molecule has 1 saturated heterocycles. The number of hydrogen-bond acceptors (Lipinski definition) is 2. The van der Waals surface area contributed by atoms with E-state index in [2.05, 4.69) is 0 Å². The van der Waals surface area contributed by atoms with Gasteiger partial charge in [-0.1, -0.05) is 26.0 Å². The van der Waals surface area contributed by atoms with Crippen LogP contribution in [0.1, 0.15) is 55.8 Å². The molecule has 0 spiro atoms. The molecule has 0 radical (unpaired) electrons. The SMILES string of the molecule is CC1(C)c2cc(C(F)(F)C(F)(F)F)ccc2[C@H](N2CCCCC2=O)[C@H]1O. The highest BCUT2D eigenvalue weighted by atomic mass is 19.4. The van der Waals surface area contributed by atoms with Gasteiger partial charge in [-0.05, 0) is 30.0 Å². The van der Waals surface area contributed by atoms with Crippen molar-refractivity contribution in [1.29, 1.82) is 0 Å². The monoisotopic (exact) mass is 377 g/mol. The fraction of sp³-hybridized carbons (Fsp3) is 0.611. The molecule has 8 heteroatoms. The summed E-state index contributed by atoms with van der Waals surface area (Å²) in [6.07, 6.45) is -4.96. The number of halogens is 5. The van der Waals surface area contributed by atoms with Crippen molar-refractivity contribution in [2.75, 3.05) is 6.54 Å². The number of carbonyl (C=O) groups excluding carboxylic acids is 1. The number of benzene rings is 1. The molecular formula is C18H20F5NO2. The van der Waals surface area contributed by atoms with Crippen molar-refractivity contribution in [3.63, 3.8) is 0 Å². The predicted molar refractivity (Wildman–Crippen MR) is 83.7 cm³/mol. The highest BCUT2D eigenvalue weighted by Crippen LogP contribution is 2.51. The van der Waals surface area contributed by atoms with E-state index in [9.17, 15) is 31.9 Å². The van der Waals surface area contributed by atoms with E-state index in [1.54, 1.807) is 13.8 Å². The van der Waals surface area contributed by atoms with Crippen LogP contribution in [-0.2, 0) is 16.1 Å². The summed E-state index contributed by atoms with van der Waals surface area (Å²) in [7, 11) is 0. The van der Waals surface area contributed by atoms with Crippen LogP contribution in [0.5, 0.6) is 0 Å². The molecule has 1 aromatic carbocycles. The van der Waals surface area contributed by atoms with E-state index in [-0.39, 0.29) is 11.5 Å². The van der Waals surface area contributed by atoms with Crippen LogP contribution in [0.3, 0.4) is 0 Å². The van der Waals surface area contributed by atoms with Gasteiger partial charge in [-0.15, -0.1) is 0 Å². The first-order chi connectivity index (χ1) is 11.9. The predicted octanol–water partition coefficient (Wildman–Crippen LogP) is 4.05. The minimum absolute atomic E-state index is 0.145. The molecule has 2 atom stereocenters. The molecule has 0 unspecified atom stereocenters. The number of aliphatic hydroxyl groups is 1. The Balaban J connectivity index is 2.09. The standard InChI is InChI=1S/C18H20F5NO2/c1-16(2)12-9-10(17(19,20)18(21,22)23)6-7-11(12)14(15(16)26)24-8-4-3-5-13(24)25/h6-7,9,14-15,26H,3-5,8H2,1-2H3/t14-,15+/m0/s1. The fourth-order valence-electron chi connectivity index (χ4n) is 3.91. The summed E-state index contributed by atoms with van der Waals surface area (Å²) >= 11 is 0. The lowest BCUT2D eigenvalue weighted by Gasteiger charge is -2.37. The van der Waals surface area contributed by atoms with Crippen LogP contribution in [0, 0.1) is 0 Å². The average Bonchev–Trinajstić information content (AvgIpc) is 2.74. The first kappa shape index (κ1) is 19.1. The maximum absolute atomic E-state index is 13.7. The minimum Gasteiger partial charge on any atom is -0.390 e. The third-order valence-electron chi connectivity index (χ3n) is 5.52. The van der Waals surface area contributed by atoms with Crippen LogP contribution in [0.25, 0.3) is 0 Å². The van der Waals surface area contributed by atoms with Gasteiger partial charge < -0.3 is 10.0 Å². The Morgan fingerprint density at radius 3 is 2.38 bits per heavy atom. The summed E-state index contributed by atoms with van der Waals surface area (Å²) in [5.74, 6) is -5.13. The Hall–Kier alpha value is -1.70. The van der Waals surface area contributed by atoms with Crippen LogP contribution in [-0.4, -0.2) is 34.7 Å². The Kier molecular flexibility index (Phi) is 4.33. The van der Waals surface area contributed by atoms with Crippen molar-refractivity contribution in [2.45, 2.75) is 62.8 Å². The van der Waals surface area contributed by atoms with Gasteiger partial charge in [-0.25, -0.2) is 0 Å². The van der Waals surface area contributed by atoms with Gasteiger partial charge in [0, 0.05) is 23.9 Å². The molecule has 3 nitrogen and oxygen atoms in total. The first-order valence-corrected chi connectivity index (χ1v) is 8.46. The van der Waals surface area contributed by atoms with Gasteiger partial charge in [0.05, 0.1) is 12.1 Å². The second-order valence-corrected chi connectivity index (χ2v) is 7.53. The van der Waals surface area contributed by atoms with E-state index in [0.29, 0.717) is 18.5 Å². The lowest BCUT2D eigenvalue weighted by Crippen LogP contribution is -2.44. The van der Waals surface area contributed by atoms with E-state index in [1.165, 1.54) is 11.0 Å². The molecule has 1 fully saturated rings. The van der Waals surface area contributed by atoms with Crippen LogP contribution in [0.4, 0.5) is 22.0 Å². The molecule has 1 N–H and O–H groups in total. The van der Waals surface area contributed by atoms with Crippen LogP contribution >= 0.6 is 0 Å². The second-order valence-electron chi connectivity index (χ2n) is 7.53. The maximum atomic E-state index is 13.7. The van der Waals surface area contributed by atoms with E-state index in [0.717, 1.165) is 25.0 Å². The summed E-state index contributed by atoms with van der Waals surface area (Å²) < 4.78 is 65.6. The molecule has 0 saturated carbocycles. The van der Waals surface area contributed by atoms with Crippen molar-refractivity contribution >= 4 is 5.91 Å². The van der Waals surface area contributed by atoms with Gasteiger partial charge in [0.1, 0.15) is 0 Å². The molecule has 26 heavy (non-hydrogen) atoms. The maximum Gasteiger partial charge on any atom is 0.458 e. The number of nitrogens with zero attached hydrogens (tertiary/aromatic N) is 1. The Morgan fingerprint density at radius 2 is 1.81 bits per heavy atom. The Morgan fingerprint density at radius 1 is 1.15 bits per heavy atom. The average molecular weight is 377 g/mol. The van der Waals surface area contributed by atoms with Gasteiger partial charge in [0.25, 0.3) is 0 Å². The summed E-state index contributed by atoms with van der Waals surface area (Å²) in [5.41, 5.74) is -1.57. The molecule has 1 heterocycles. The number of amides is 1. The van der Waals surface area contributed by atoms with Gasteiger partial charge in [0.2, 0.25) is 5.91 Å². The third kappa shape index (κ3) is 2.69. The van der Waals surface area contributed by atoms with Crippen molar-refractivity contribution in [3.8, 4) is 0 Å². The molecular weight excluding hydrogens is 357 g/mol. The van der Waals surface area contributed by atoms with Gasteiger partial charge in [0.15, 0.2) is 0 Å². The smallest absolute Gasteiger partial charge is 0.390 e. The van der Waals surface area contributed by atoms with E-state index < -0.39 is 35.2 Å². The molecule has 0 aromatic heterocycles. The summed E-state index contributed by atoms with van der Waals surface area (Å²) in [4.78, 5) is 13.8. The zero-order valence-corrected chi connectivity index (χ0v) is 14.4. The number of likely N-dealkylation sites (tertiary alicyclic amines) is 1. The molecule has 2 aliphatic rings. The number of hydrogen-bond donors (Lipinski definition) is 1. The summed E-state index contributed by atoms with van der Waals surface area (Å²) in [6, 6.07) is 2.01. The minimum atomic E-state index is -5.70. The Bertz CT molecular complexity index is 729. The zero-order valence-electron chi connectivity index (χ0n) is 14.4. The van der Waals surface area contributed by atoms with Crippen LogP contribution in [0.15, 0.2) is 18.2 Å². The molecule has 1 aromatic rings. The molecule has 1 amide bonds. The molecule has 3 rings (SSSR count). The quantitative estimate of drug-likeness (QED) is 0.790. The van der Waals surface area contributed by atoms with Gasteiger partial charge in [-0.3, -0.25) is 4.79 Å². The number of carbonyl (C=O) groups is 1. The summed E-state index contributed by atoms with van der Waals surface area (Å²) in [5, 5.41) is 10.8. The van der Waals surface area contributed by atoms with Crippen molar-refractivity contribution in [3.05, 3.63) is 34.9 Å². The van der Waals surface area contributed by atoms with Gasteiger partial charge >= 0.3 is 12.1 Å². The normalized spacial score (nSPS) is 26.2. The molecule has 144 valence electrons. The highest BCUT2D eigenvalue weighted by Gasteiger charge is 2.59. The largest absolute Gasteiger partial charge is 0.458 e. The van der Waals surface area contributed by atoms with E-state index in [4.69, 9.17) is 0 Å². The molecule has 1 aliphatic carbocycles. The zero-order chi connectivity index (χ0) is 19.5. The fourth-order valence-corrected chi connectivity index (χ4v) is 3.91.